The summed E-state index contributed by atoms with van der Waals surface area (Å²) in [6, 6.07) is 14.5. The van der Waals surface area contributed by atoms with Gasteiger partial charge in [0.25, 0.3) is 5.97 Å². The Hall–Kier alpha value is -1.87. The predicted molar refractivity (Wildman–Crippen MR) is 68.0 cm³/mol. The van der Waals surface area contributed by atoms with Crippen molar-refractivity contribution in [1.29, 1.82) is 0 Å². The maximum absolute atomic E-state index is 9.00. The Kier molecular flexibility index (Phi) is 5.17. The minimum atomic E-state index is -0.833. The lowest BCUT2D eigenvalue weighted by Crippen LogP contribution is -1.91. The van der Waals surface area contributed by atoms with Crippen molar-refractivity contribution in [3.8, 4) is 0 Å². The number of hydrogen-bond donors (Lipinski definition) is 2. The highest BCUT2D eigenvalue weighted by molar-refractivity contribution is 5.85. The van der Waals surface area contributed by atoms with Crippen LogP contribution in [0.15, 0.2) is 42.5 Å². The molecule has 0 aliphatic heterocycles. The van der Waals surface area contributed by atoms with E-state index in [0.717, 1.165) is 13.3 Å². The predicted octanol–water partition coefficient (Wildman–Crippen LogP) is 2.47. The summed E-state index contributed by atoms with van der Waals surface area (Å²) in [6.07, 6.45) is 0.737. The molecule has 2 aromatic rings. The fourth-order valence-corrected chi connectivity index (χ4v) is 1.63. The summed E-state index contributed by atoms with van der Waals surface area (Å²) < 4.78 is 0. The Bertz CT molecular complexity index is 482. The number of aliphatic hydroxyl groups is 1. The summed E-state index contributed by atoms with van der Waals surface area (Å²) in [7, 11) is 0. The second kappa shape index (κ2) is 6.66. The van der Waals surface area contributed by atoms with Gasteiger partial charge in [0.15, 0.2) is 0 Å². The van der Waals surface area contributed by atoms with Crippen LogP contribution in [-0.2, 0) is 11.2 Å². The minimum Gasteiger partial charge on any atom is -0.481 e. The number of carboxylic acids is 1. The van der Waals surface area contributed by atoms with Gasteiger partial charge < -0.3 is 10.2 Å². The van der Waals surface area contributed by atoms with Gasteiger partial charge in [0.1, 0.15) is 0 Å². The van der Waals surface area contributed by atoms with Gasteiger partial charge >= 0.3 is 0 Å². The van der Waals surface area contributed by atoms with Crippen LogP contribution in [0.25, 0.3) is 10.8 Å². The lowest BCUT2D eigenvalue weighted by Gasteiger charge is -2.03. The van der Waals surface area contributed by atoms with Gasteiger partial charge in [-0.1, -0.05) is 42.5 Å². The van der Waals surface area contributed by atoms with E-state index >= 15 is 0 Å². The van der Waals surface area contributed by atoms with E-state index in [-0.39, 0.29) is 6.61 Å². The molecule has 2 aromatic carbocycles. The lowest BCUT2D eigenvalue weighted by molar-refractivity contribution is -0.134. The Labute approximate surface area is 100 Å². The first kappa shape index (κ1) is 13.2. The molecule has 17 heavy (non-hydrogen) atoms. The van der Waals surface area contributed by atoms with Crippen molar-refractivity contribution in [1.82, 2.24) is 0 Å². The van der Waals surface area contributed by atoms with E-state index in [9.17, 15) is 0 Å². The van der Waals surface area contributed by atoms with Gasteiger partial charge in [-0.2, -0.15) is 0 Å². The van der Waals surface area contributed by atoms with E-state index < -0.39 is 5.97 Å². The van der Waals surface area contributed by atoms with Crippen LogP contribution in [0, 0.1) is 0 Å². The smallest absolute Gasteiger partial charge is 0.300 e. The number of carbonyl (C=O) groups is 1. The second-order valence-electron chi connectivity index (χ2n) is 3.63. The quantitative estimate of drug-likeness (QED) is 0.836. The van der Waals surface area contributed by atoms with Gasteiger partial charge in [-0.05, 0) is 22.8 Å². The van der Waals surface area contributed by atoms with Crippen LogP contribution < -0.4 is 0 Å². The third kappa shape index (κ3) is 4.25. The van der Waals surface area contributed by atoms with Crippen LogP contribution in [0.2, 0.25) is 0 Å². The fraction of sp³-hybridized carbons (Fsp3) is 0.214. The normalized spacial score (nSPS) is 9.53. The van der Waals surface area contributed by atoms with Crippen molar-refractivity contribution < 1.29 is 15.0 Å². The van der Waals surface area contributed by atoms with Gasteiger partial charge in [0.05, 0.1) is 0 Å². The van der Waals surface area contributed by atoms with E-state index in [2.05, 4.69) is 24.3 Å². The highest BCUT2D eigenvalue weighted by Crippen LogP contribution is 2.18. The fourth-order valence-electron chi connectivity index (χ4n) is 1.63. The number of benzene rings is 2. The van der Waals surface area contributed by atoms with Gasteiger partial charge in [-0.15, -0.1) is 0 Å². The van der Waals surface area contributed by atoms with Crippen molar-refractivity contribution >= 4 is 16.7 Å². The molecule has 3 heteroatoms. The summed E-state index contributed by atoms with van der Waals surface area (Å²) in [5.74, 6) is -0.833. The molecule has 0 heterocycles. The largest absolute Gasteiger partial charge is 0.481 e. The van der Waals surface area contributed by atoms with E-state index in [1.54, 1.807) is 0 Å². The molecule has 0 saturated carbocycles. The van der Waals surface area contributed by atoms with E-state index in [1.807, 2.05) is 18.2 Å². The third-order valence-electron chi connectivity index (χ3n) is 2.26. The van der Waals surface area contributed by atoms with Crippen LogP contribution in [0.3, 0.4) is 0 Å². The van der Waals surface area contributed by atoms with Gasteiger partial charge in [-0.25, -0.2) is 0 Å². The summed E-state index contributed by atoms with van der Waals surface area (Å²) in [5.41, 5.74) is 1.22. The van der Waals surface area contributed by atoms with Crippen LogP contribution in [0.1, 0.15) is 12.5 Å². The molecule has 0 aliphatic rings. The van der Waals surface area contributed by atoms with Gasteiger partial charge in [0.2, 0.25) is 0 Å². The molecule has 0 saturated heterocycles. The molecule has 0 radical (unpaired) electrons. The third-order valence-corrected chi connectivity index (χ3v) is 2.26. The standard InChI is InChI=1S/C12H12O.C2H4O2/c13-9-8-11-6-3-5-10-4-1-2-7-12(10)11;1-2(3)4/h1-7,13H,8-9H2;1H3,(H,3,4). The van der Waals surface area contributed by atoms with E-state index in [0.29, 0.717) is 0 Å². The molecular formula is C14H16O3. The molecule has 0 fully saturated rings. The van der Waals surface area contributed by atoms with Crippen LogP contribution in [0.4, 0.5) is 0 Å². The Morgan fingerprint density at radius 1 is 1.12 bits per heavy atom. The summed E-state index contributed by atoms with van der Waals surface area (Å²) in [5, 5.41) is 18.8. The zero-order valence-electron chi connectivity index (χ0n) is 9.76. The number of rotatable bonds is 2. The maximum atomic E-state index is 9.00. The zero-order chi connectivity index (χ0) is 12.7. The van der Waals surface area contributed by atoms with Crippen LogP contribution in [0.5, 0.6) is 0 Å². The molecule has 3 nitrogen and oxygen atoms in total. The molecule has 0 aliphatic carbocycles. The summed E-state index contributed by atoms with van der Waals surface area (Å²) >= 11 is 0. The maximum Gasteiger partial charge on any atom is 0.300 e. The van der Waals surface area contributed by atoms with Crippen molar-refractivity contribution in [3.05, 3.63) is 48.0 Å². The minimum absolute atomic E-state index is 0.216. The summed E-state index contributed by atoms with van der Waals surface area (Å²) in [4.78, 5) is 9.00. The monoisotopic (exact) mass is 232 g/mol. The molecule has 0 atom stereocenters. The van der Waals surface area contributed by atoms with Crippen molar-refractivity contribution in [3.63, 3.8) is 0 Å². The van der Waals surface area contributed by atoms with Crippen LogP contribution >= 0.6 is 0 Å². The van der Waals surface area contributed by atoms with E-state index in [4.69, 9.17) is 15.0 Å². The topological polar surface area (TPSA) is 57.5 Å². The average Bonchev–Trinajstić information content (AvgIpc) is 2.29. The molecule has 2 rings (SSSR count). The molecule has 2 N–H and O–H groups in total. The highest BCUT2D eigenvalue weighted by atomic mass is 16.4. The van der Waals surface area contributed by atoms with Crippen molar-refractivity contribution in [2.75, 3.05) is 6.61 Å². The molecule has 0 amide bonds. The van der Waals surface area contributed by atoms with E-state index in [1.165, 1.54) is 16.3 Å². The molecule has 0 bridgehead atoms. The Morgan fingerprint density at radius 3 is 2.35 bits per heavy atom. The summed E-state index contributed by atoms with van der Waals surface area (Å²) in [6.45, 7) is 1.30. The number of aliphatic carboxylic acids is 1. The lowest BCUT2D eigenvalue weighted by atomic mass is 10.0. The molecule has 0 aromatic heterocycles. The van der Waals surface area contributed by atoms with Crippen molar-refractivity contribution in [2.45, 2.75) is 13.3 Å². The Morgan fingerprint density at radius 2 is 1.71 bits per heavy atom. The van der Waals surface area contributed by atoms with Gasteiger partial charge in [0, 0.05) is 13.5 Å². The molecule has 0 spiro atoms. The highest BCUT2D eigenvalue weighted by Gasteiger charge is 1.97. The second-order valence-corrected chi connectivity index (χ2v) is 3.63. The molecule has 90 valence electrons. The van der Waals surface area contributed by atoms with Crippen molar-refractivity contribution in [2.24, 2.45) is 0 Å². The number of hydrogen-bond acceptors (Lipinski definition) is 2. The van der Waals surface area contributed by atoms with Crippen LogP contribution in [-0.4, -0.2) is 22.8 Å². The molecular weight excluding hydrogens is 216 g/mol. The first-order chi connectivity index (χ1) is 8.15. The first-order valence-electron chi connectivity index (χ1n) is 5.42. The average molecular weight is 232 g/mol. The number of aliphatic hydroxyl groups excluding tert-OH is 1. The SMILES string of the molecule is CC(=O)O.OCCc1cccc2ccccc12. The molecule has 0 unspecified atom stereocenters. The number of fused-ring (bicyclic) bond motifs is 1. The van der Waals surface area contributed by atoms with Gasteiger partial charge in [-0.3, -0.25) is 4.79 Å². The first-order valence-corrected chi connectivity index (χ1v) is 5.42. The Balaban J connectivity index is 0.000000317. The number of carboxylic acid groups (broad SMARTS) is 1. The zero-order valence-corrected chi connectivity index (χ0v) is 9.76.